The highest BCUT2D eigenvalue weighted by molar-refractivity contribution is 5.99. The van der Waals surface area contributed by atoms with Gasteiger partial charge in [0, 0.05) is 17.9 Å². The molecular weight excluding hydrogens is 208 g/mol. The molecule has 1 heteroatoms. The van der Waals surface area contributed by atoms with Crippen LogP contribution in [0.3, 0.4) is 0 Å². The van der Waals surface area contributed by atoms with Crippen LogP contribution in [0.4, 0.5) is 0 Å². The first-order valence-electron chi connectivity index (χ1n) is 6.03. The molecule has 84 valence electrons. The summed E-state index contributed by atoms with van der Waals surface area (Å²) in [4.78, 5) is 11.9. The monoisotopic (exact) mass is 222 g/mol. The lowest BCUT2D eigenvalue weighted by atomic mass is 9.78. The van der Waals surface area contributed by atoms with E-state index in [9.17, 15) is 4.79 Å². The lowest BCUT2D eigenvalue weighted by Crippen LogP contribution is -2.16. The minimum atomic E-state index is 0.285. The highest BCUT2D eigenvalue weighted by atomic mass is 16.1. The van der Waals surface area contributed by atoms with E-state index in [2.05, 4.69) is 30.3 Å². The van der Waals surface area contributed by atoms with Crippen molar-refractivity contribution in [1.29, 1.82) is 0 Å². The van der Waals surface area contributed by atoms with Gasteiger partial charge >= 0.3 is 0 Å². The molecule has 1 unspecified atom stereocenters. The molecule has 0 amide bonds. The molecule has 0 heterocycles. The topological polar surface area (TPSA) is 17.1 Å². The standard InChI is InChI=1S/C16H14O/c17-16-11-10-13(12-6-2-1-3-7-12)14-8-4-5-9-15(14)16/h1-9,13H,10-11H2. The Bertz CT molecular complexity index is 542. The molecule has 1 atom stereocenters. The van der Waals surface area contributed by atoms with Gasteiger partial charge in [0.05, 0.1) is 0 Å². The van der Waals surface area contributed by atoms with Gasteiger partial charge in [-0.15, -0.1) is 0 Å². The van der Waals surface area contributed by atoms with Gasteiger partial charge in [0.1, 0.15) is 0 Å². The van der Waals surface area contributed by atoms with Crippen LogP contribution in [-0.2, 0) is 0 Å². The Morgan fingerprint density at radius 3 is 2.41 bits per heavy atom. The molecule has 0 fully saturated rings. The minimum Gasteiger partial charge on any atom is -0.294 e. The maximum absolute atomic E-state index is 11.9. The van der Waals surface area contributed by atoms with Gasteiger partial charge in [-0.05, 0) is 17.5 Å². The molecule has 0 aromatic heterocycles. The zero-order valence-corrected chi connectivity index (χ0v) is 9.60. The Kier molecular flexibility index (Phi) is 2.52. The molecule has 0 N–H and O–H groups in total. The van der Waals surface area contributed by atoms with E-state index in [1.807, 2.05) is 24.3 Å². The van der Waals surface area contributed by atoms with Crippen LogP contribution in [0.2, 0.25) is 0 Å². The molecule has 0 spiro atoms. The largest absolute Gasteiger partial charge is 0.294 e. The first-order valence-corrected chi connectivity index (χ1v) is 6.03. The molecular formula is C16H14O. The second-order valence-electron chi connectivity index (χ2n) is 4.51. The molecule has 1 aliphatic rings. The van der Waals surface area contributed by atoms with Gasteiger partial charge in [-0.25, -0.2) is 0 Å². The van der Waals surface area contributed by atoms with Crippen molar-refractivity contribution in [3.63, 3.8) is 0 Å². The smallest absolute Gasteiger partial charge is 0.163 e. The molecule has 17 heavy (non-hydrogen) atoms. The molecule has 0 saturated carbocycles. The van der Waals surface area contributed by atoms with Crippen molar-refractivity contribution in [1.82, 2.24) is 0 Å². The molecule has 3 rings (SSSR count). The van der Waals surface area contributed by atoms with Crippen molar-refractivity contribution < 1.29 is 4.79 Å². The third-order valence-electron chi connectivity index (χ3n) is 3.50. The molecule has 0 saturated heterocycles. The van der Waals surface area contributed by atoms with E-state index < -0.39 is 0 Å². The first kappa shape index (κ1) is 10.3. The summed E-state index contributed by atoms with van der Waals surface area (Å²) in [6.45, 7) is 0. The normalized spacial score (nSPS) is 18.8. The van der Waals surface area contributed by atoms with Gasteiger partial charge in [-0.1, -0.05) is 54.6 Å². The van der Waals surface area contributed by atoms with Crippen LogP contribution < -0.4 is 0 Å². The van der Waals surface area contributed by atoms with Gasteiger partial charge in [-0.3, -0.25) is 4.79 Å². The van der Waals surface area contributed by atoms with Crippen LogP contribution >= 0.6 is 0 Å². The SMILES string of the molecule is O=C1CCC(c2ccccc2)c2ccccc21. The second kappa shape index (κ2) is 4.17. The highest BCUT2D eigenvalue weighted by Crippen LogP contribution is 2.36. The van der Waals surface area contributed by atoms with Crippen LogP contribution in [0.5, 0.6) is 0 Å². The van der Waals surface area contributed by atoms with Crippen LogP contribution in [-0.4, -0.2) is 5.78 Å². The number of hydrogen-bond acceptors (Lipinski definition) is 1. The Labute approximate surface area is 101 Å². The van der Waals surface area contributed by atoms with Crippen molar-refractivity contribution in [3.8, 4) is 0 Å². The summed E-state index contributed by atoms with van der Waals surface area (Å²) in [5, 5.41) is 0. The molecule has 1 aliphatic carbocycles. The molecule has 0 radical (unpaired) electrons. The Morgan fingerprint density at radius 1 is 0.882 bits per heavy atom. The fraction of sp³-hybridized carbons (Fsp3) is 0.188. The number of fused-ring (bicyclic) bond motifs is 1. The summed E-state index contributed by atoms with van der Waals surface area (Å²) in [6, 6.07) is 18.5. The van der Waals surface area contributed by atoms with E-state index in [0.717, 1.165) is 12.0 Å². The van der Waals surface area contributed by atoms with E-state index in [-0.39, 0.29) is 5.78 Å². The summed E-state index contributed by atoms with van der Waals surface area (Å²) in [6.07, 6.45) is 1.59. The first-order chi connectivity index (χ1) is 8.36. The summed E-state index contributed by atoms with van der Waals surface area (Å²) < 4.78 is 0. The molecule has 1 nitrogen and oxygen atoms in total. The minimum absolute atomic E-state index is 0.285. The number of carbonyl (C=O) groups excluding carboxylic acids is 1. The molecule has 2 aromatic rings. The Balaban J connectivity index is 2.10. The number of Topliss-reactive ketones (excluding diaryl/α,β-unsaturated/α-hetero) is 1. The molecule has 0 aliphatic heterocycles. The summed E-state index contributed by atoms with van der Waals surface area (Å²) >= 11 is 0. The van der Waals surface area contributed by atoms with E-state index in [1.165, 1.54) is 11.1 Å². The van der Waals surface area contributed by atoms with Crippen LogP contribution in [0, 0.1) is 0 Å². The molecule has 0 bridgehead atoms. The predicted octanol–water partition coefficient (Wildman–Crippen LogP) is 3.80. The Morgan fingerprint density at radius 2 is 1.59 bits per heavy atom. The lowest BCUT2D eigenvalue weighted by molar-refractivity contribution is 0.0969. The van der Waals surface area contributed by atoms with Crippen molar-refractivity contribution >= 4 is 5.78 Å². The van der Waals surface area contributed by atoms with Crippen molar-refractivity contribution in [2.24, 2.45) is 0 Å². The molecule has 2 aromatic carbocycles. The van der Waals surface area contributed by atoms with Gasteiger partial charge in [0.2, 0.25) is 0 Å². The van der Waals surface area contributed by atoms with Crippen molar-refractivity contribution in [3.05, 3.63) is 71.3 Å². The maximum Gasteiger partial charge on any atom is 0.163 e. The van der Waals surface area contributed by atoms with Crippen LogP contribution in [0.1, 0.15) is 40.2 Å². The fourth-order valence-electron chi connectivity index (χ4n) is 2.65. The Hall–Kier alpha value is -1.89. The number of ketones is 1. The van der Waals surface area contributed by atoms with Crippen LogP contribution in [0.25, 0.3) is 0 Å². The number of rotatable bonds is 1. The van der Waals surface area contributed by atoms with E-state index in [4.69, 9.17) is 0 Å². The number of hydrogen-bond donors (Lipinski definition) is 0. The third-order valence-corrected chi connectivity index (χ3v) is 3.50. The fourth-order valence-corrected chi connectivity index (χ4v) is 2.65. The summed E-state index contributed by atoms with van der Waals surface area (Å²) in [7, 11) is 0. The van der Waals surface area contributed by atoms with Crippen molar-refractivity contribution in [2.75, 3.05) is 0 Å². The zero-order chi connectivity index (χ0) is 11.7. The van der Waals surface area contributed by atoms with Gasteiger partial charge in [0.15, 0.2) is 5.78 Å². The average Bonchev–Trinajstić information content (AvgIpc) is 2.41. The predicted molar refractivity (Wildman–Crippen MR) is 68.3 cm³/mol. The second-order valence-corrected chi connectivity index (χ2v) is 4.51. The quantitative estimate of drug-likeness (QED) is 0.717. The summed E-state index contributed by atoms with van der Waals surface area (Å²) in [5.41, 5.74) is 3.41. The third kappa shape index (κ3) is 1.78. The van der Waals surface area contributed by atoms with E-state index in [0.29, 0.717) is 12.3 Å². The van der Waals surface area contributed by atoms with Gasteiger partial charge in [0.25, 0.3) is 0 Å². The number of carbonyl (C=O) groups is 1. The lowest BCUT2D eigenvalue weighted by Gasteiger charge is -2.24. The van der Waals surface area contributed by atoms with Gasteiger partial charge < -0.3 is 0 Å². The maximum atomic E-state index is 11.9. The van der Waals surface area contributed by atoms with E-state index >= 15 is 0 Å². The zero-order valence-electron chi connectivity index (χ0n) is 9.60. The van der Waals surface area contributed by atoms with Crippen molar-refractivity contribution in [2.45, 2.75) is 18.8 Å². The average molecular weight is 222 g/mol. The van der Waals surface area contributed by atoms with E-state index in [1.54, 1.807) is 0 Å². The summed E-state index contributed by atoms with van der Waals surface area (Å²) in [5.74, 6) is 0.665. The number of benzene rings is 2. The van der Waals surface area contributed by atoms with Gasteiger partial charge in [-0.2, -0.15) is 0 Å². The highest BCUT2D eigenvalue weighted by Gasteiger charge is 2.25. The van der Waals surface area contributed by atoms with Crippen LogP contribution in [0.15, 0.2) is 54.6 Å².